The van der Waals surface area contributed by atoms with Crippen LogP contribution in [0.15, 0.2) is 29.7 Å². The zero-order valence-electron chi connectivity index (χ0n) is 10.2. The molecule has 0 radical (unpaired) electrons. The fourth-order valence-electron chi connectivity index (χ4n) is 1.98. The van der Waals surface area contributed by atoms with Gasteiger partial charge in [0.2, 0.25) is 0 Å². The van der Waals surface area contributed by atoms with Crippen molar-refractivity contribution >= 4 is 33.7 Å². The van der Waals surface area contributed by atoms with E-state index in [1.807, 2.05) is 25.6 Å². The summed E-state index contributed by atoms with van der Waals surface area (Å²) in [4.78, 5) is 18.4. The van der Waals surface area contributed by atoms with Crippen LogP contribution in [0, 0.1) is 0 Å². The number of nitrogens with zero attached hydrogens (tertiary/aromatic N) is 4. The van der Waals surface area contributed by atoms with Gasteiger partial charge in [0.05, 0.1) is 0 Å². The van der Waals surface area contributed by atoms with E-state index >= 15 is 0 Å². The highest BCUT2D eigenvalue weighted by molar-refractivity contribution is 8.13. The zero-order valence-corrected chi connectivity index (χ0v) is 11.0. The highest BCUT2D eigenvalue weighted by Gasteiger charge is 2.15. The predicted molar refractivity (Wildman–Crippen MR) is 82.2 cm³/mol. The Labute approximate surface area is 116 Å². The molecule has 0 saturated heterocycles. The normalized spacial score (nSPS) is 14.9. The minimum atomic E-state index is 0. The maximum atomic E-state index is 4.44. The number of hydrogen-bond donors (Lipinski definition) is 1. The van der Waals surface area contributed by atoms with Gasteiger partial charge in [-0.2, -0.15) is 0 Å². The van der Waals surface area contributed by atoms with Crippen molar-refractivity contribution in [1.82, 2.24) is 19.9 Å². The second-order valence-corrected chi connectivity index (χ2v) is 4.87. The number of fused-ring (bicyclic) bond motifs is 1. The third kappa shape index (κ3) is 2.49. The van der Waals surface area contributed by atoms with Crippen LogP contribution in [-0.2, 0) is 0 Å². The maximum Gasteiger partial charge on any atom is 0.163 e. The second-order valence-electron chi connectivity index (χ2n) is 4.10. The molecule has 0 unspecified atom stereocenters. The summed E-state index contributed by atoms with van der Waals surface area (Å²) in [5, 5.41) is 1.03. The van der Waals surface area contributed by atoms with Gasteiger partial charge in [0, 0.05) is 43.5 Å². The van der Waals surface area contributed by atoms with Crippen LogP contribution in [0.5, 0.6) is 0 Å². The first kappa shape index (κ1) is 13.6. The van der Waals surface area contributed by atoms with Gasteiger partial charge in [-0.05, 0) is 12.3 Å². The van der Waals surface area contributed by atoms with E-state index in [1.165, 1.54) is 0 Å². The molecule has 0 aromatic carbocycles. The molecule has 0 spiro atoms. The highest BCUT2D eigenvalue weighted by Crippen LogP contribution is 2.22. The number of nitrogens with one attached hydrogen (secondary N) is 1. The van der Waals surface area contributed by atoms with Crippen LogP contribution in [0.4, 0.5) is 0 Å². The van der Waals surface area contributed by atoms with Gasteiger partial charge >= 0.3 is 0 Å². The summed E-state index contributed by atoms with van der Waals surface area (Å²) in [7, 11) is 2.04. The van der Waals surface area contributed by atoms with E-state index in [4.69, 9.17) is 0 Å². The summed E-state index contributed by atoms with van der Waals surface area (Å²) < 4.78 is 0. The van der Waals surface area contributed by atoms with Gasteiger partial charge in [-0.25, -0.2) is 9.98 Å². The summed E-state index contributed by atoms with van der Waals surface area (Å²) in [5.74, 6) is 0. The largest absolute Gasteiger partial charge is 0.350 e. The fraction of sp³-hybridized carbons (Fsp3) is 0.308. The van der Waals surface area contributed by atoms with Crippen LogP contribution >= 0.6 is 11.8 Å². The van der Waals surface area contributed by atoms with Crippen LogP contribution in [0.25, 0.3) is 16.7 Å². The molecule has 1 N–H and O–H groups in total. The number of aromatic nitrogens is 3. The van der Waals surface area contributed by atoms with Crippen LogP contribution in [0.2, 0.25) is 0 Å². The molecule has 0 saturated carbocycles. The predicted octanol–water partition coefficient (Wildman–Crippen LogP) is 2.60. The van der Waals surface area contributed by atoms with Crippen molar-refractivity contribution in [3.8, 4) is 0 Å². The number of rotatable bonds is 1. The Balaban J connectivity index is 0.00000133. The van der Waals surface area contributed by atoms with Crippen LogP contribution in [-0.4, -0.2) is 44.9 Å². The van der Waals surface area contributed by atoms with Crippen molar-refractivity contribution in [1.29, 1.82) is 0 Å². The minimum Gasteiger partial charge on any atom is -0.350 e. The topological polar surface area (TPSA) is 57.2 Å². The van der Waals surface area contributed by atoms with Crippen molar-refractivity contribution in [3.05, 3.63) is 30.4 Å². The number of hydrogen-bond acceptors (Lipinski definition) is 5. The van der Waals surface area contributed by atoms with Crippen LogP contribution < -0.4 is 0 Å². The Kier molecular flexibility index (Phi) is 3.90. The lowest BCUT2D eigenvalue weighted by Gasteiger charge is -2.23. The van der Waals surface area contributed by atoms with Gasteiger partial charge in [0.1, 0.15) is 5.52 Å². The number of aromatic amines is 1. The van der Waals surface area contributed by atoms with Gasteiger partial charge in [-0.15, -0.1) is 0 Å². The lowest BCUT2D eigenvalue weighted by Crippen LogP contribution is -2.28. The summed E-state index contributed by atoms with van der Waals surface area (Å²) in [6.45, 7) is 0.840. The molecule has 0 atom stereocenters. The van der Waals surface area contributed by atoms with Crippen molar-refractivity contribution < 1.29 is 0 Å². The second kappa shape index (κ2) is 5.44. The molecule has 19 heavy (non-hydrogen) atoms. The highest BCUT2D eigenvalue weighted by atomic mass is 32.2. The Morgan fingerprint density at radius 1 is 1.32 bits per heavy atom. The number of amidine groups is 1. The standard InChI is InChI=1S/C12H13N5S.CH4/c1-17-7-8(6-15-12(17)18-2)9-5-10-11(16-9)14-4-3-13-10;/h3-6H,7H2,1-2H3,(H,14,16);1H4. The third-order valence-corrected chi connectivity index (χ3v) is 3.64. The van der Waals surface area contributed by atoms with Gasteiger partial charge < -0.3 is 9.88 Å². The summed E-state index contributed by atoms with van der Waals surface area (Å²) in [6.07, 6.45) is 7.33. The van der Waals surface area contributed by atoms with E-state index in [9.17, 15) is 0 Å². The van der Waals surface area contributed by atoms with Crippen LogP contribution in [0.3, 0.4) is 0 Å². The van der Waals surface area contributed by atoms with Crippen molar-refractivity contribution in [3.63, 3.8) is 0 Å². The molecule has 0 fully saturated rings. The monoisotopic (exact) mass is 275 g/mol. The molecule has 0 bridgehead atoms. The number of thioether (sulfide) groups is 1. The summed E-state index contributed by atoms with van der Waals surface area (Å²) in [5.41, 5.74) is 3.88. The lowest BCUT2D eigenvalue weighted by molar-refractivity contribution is 0.577. The molecular weight excluding hydrogens is 258 g/mol. The number of likely N-dealkylation sites (N-methyl/N-ethyl adjacent to an activating group) is 1. The molecule has 1 aliphatic rings. The summed E-state index contributed by atoms with van der Waals surface area (Å²) >= 11 is 1.65. The molecule has 6 heteroatoms. The Morgan fingerprint density at radius 2 is 2.11 bits per heavy atom. The molecule has 3 heterocycles. The molecular formula is C13H17N5S. The first-order valence-corrected chi connectivity index (χ1v) is 6.82. The average Bonchev–Trinajstić information content (AvgIpc) is 2.82. The van der Waals surface area contributed by atoms with E-state index in [2.05, 4.69) is 24.8 Å². The molecule has 2 aromatic rings. The van der Waals surface area contributed by atoms with E-state index in [1.54, 1.807) is 24.2 Å². The van der Waals surface area contributed by atoms with Crippen molar-refractivity contribution in [2.24, 2.45) is 4.99 Å². The summed E-state index contributed by atoms with van der Waals surface area (Å²) in [6, 6.07) is 2.02. The van der Waals surface area contributed by atoms with Gasteiger partial charge in [-0.3, -0.25) is 4.98 Å². The zero-order chi connectivity index (χ0) is 12.5. The molecule has 100 valence electrons. The van der Waals surface area contributed by atoms with Gasteiger partial charge in [-0.1, -0.05) is 19.2 Å². The molecule has 1 aliphatic heterocycles. The van der Waals surface area contributed by atoms with E-state index in [-0.39, 0.29) is 7.43 Å². The molecule has 3 rings (SSSR count). The Morgan fingerprint density at radius 3 is 2.79 bits per heavy atom. The SMILES string of the molecule is C.CSC1=NC=C(c2cc3nccnc3[nH]2)CN1C. The van der Waals surface area contributed by atoms with Crippen LogP contribution in [0.1, 0.15) is 13.1 Å². The molecule has 0 amide bonds. The van der Waals surface area contributed by atoms with E-state index < -0.39 is 0 Å². The molecule has 0 aliphatic carbocycles. The quantitative estimate of drug-likeness (QED) is 0.869. The first-order valence-electron chi connectivity index (χ1n) is 5.60. The Hall–Kier alpha value is -1.82. The third-order valence-electron chi connectivity index (χ3n) is 2.85. The smallest absolute Gasteiger partial charge is 0.163 e. The Bertz CT molecular complexity index is 610. The van der Waals surface area contributed by atoms with E-state index in [0.29, 0.717) is 0 Å². The lowest BCUT2D eigenvalue weighted by atomic mass is 10.2. The van der Waals surface area contributed by atoms with E-state index in [0.717, 1.165) is 34.1 Å². The number of H-pyrrole nitrogens is 1. The first-order chi connectivity index (χ1) is 8.78. The maximum absolute atomic E-state index is 4.44. The number of aliphatic imine (C=N–C) groups is 1. The van der Waals surface area contributed by atoms with Crippen molar-refractivity contribution in [2.75, 3.05) is 19.8 Å². The van der Waals surface area contributed by atoms with Crippen molar-refractivity contribution in [2.45, 2.75) is 7.43 Å². The fourth-order valence-corrected chi connectivity index (χ4v) is 2.52. The van der Waals surface area contributed by atoms with Gasteiger partial charge in [0.25, 0.3) is 0 Å². The minimum absolute atomic E-state index is 0. The molecule has 5 nitrogen and oxygen atoms in total. The average molecular weight is 275 g/mol. The van der Waals surface area contributed by atoms with Gasteiger partial charge in [0.15, 0.2) is 10.8 Å². The molecule has 2 aromatic heterocycles.